The Morgan fingerprint density at radius 3 is 2.54 bits per heavy atom. The van der Waals surface area contributed by atoms with Gasteiger partial charge in [-0.05, 0) is 58.1 Å². The molecule has 7 nitrogen and oxygen atoms in total. The fraction of sp³-hybridized carbons (Fsp3) is 0.714. The van der Waals surface area contributed by atoms with Crippen molar-refractivity contribution in [3.8, 4) is 0 Å². The highest BCUT2D eigenvalue weighted by Crippen LogP contribution is 2.20. The number of nitrogens with zero attached hydrogens (tertiary/aromatic N) is 4. The molecule has 7 heteroatoms. The summed E-state index contributed by atoms with van der Waals surface area (Å²) >= 11 is 0. The normalized spacial score (nSPS) is 16.2. The first kappa shape index (κ1) is 22.1. The molecular weight excluding hydrogens is 354 g/mol. The second-order valence-electron chi connectivity index (χ2n) is 8.54. The number of aryl methyl sites for hydroxylation is 1. The van der Waals surface area contributed by atoms with Crippen LogP contribution in [0.15, 0.2) is 23.5 Å². The molecule has 0 radical (unpaired) electrons. The van der Waals surface area contributed by atoms with Crippen LogP contribution < -0.4 is 5.32 Å². The summed E-state index contributed by atoms with van der Waals surface area (Å²) in [6.45, 7) is 11.8. The molecule has 2 heterocycles. The average Bonchev–Trinajstić information content (AvgIpc) is 3.05. The number of amides is 1. The second kappa shape index (κ2) is 9.85. The summed E-state index contributed by atoms with van der Waals surface area (Å²) in [5.41, 5.74) is 0.791. The Kier molecular flexibility index (Phi) is 7.78. The van der Waals surface area contributed by atoms with Crippen molar-refractivity contribution in [3.63, 3.8) is 0 Å². The first-order valence-electron chi connectivity index (χ1n) is 10.3. The van der Waals surface area contributed by atoms with E-state index in [0.29, 0.717) is 12.5 Å². The molecule has 0 unspecified atom stereocenters. The Labute approximate surface area is 169 Å². The second-order valence-corrected chi connectivity index (χ2v) is 8.54. The van der Waals surface area contributed by atoms with Gasteiger partial charge in [0.15, 0.2) is 5.96 Å². The third kappa shape index (κ3) is 6.77. The lowest BCUT2D eigenvalue weighted by Crippen LogP contribution is -2.47. The maximum Gasteiger partial charge on any atom is 0.410 e. The van der Waals surface area contributed by atoms with Crippen LogP contribution >= 0.6 is 0 Å². The molecule has 1 fully saturated rings. The number of likely N-dealkylation sites (tertiary alicyclic amines) is 1. The molecule has 0 spiro atoms. The summed E-state index contributed by atoms with van der Waals surface area (Å²) in [4.78, 5) is 20.9. The van der Waals surface area contributed by atoms with Crippen LogP contribution in [0.1, 0.15) is 46.1 Å². The van der Waals surface area contributed by atoms with Gasteiger partial charge in [0.25, 0.3) is 0 Å². The number of aromatic nitrogens is 1. The number of nitrogens with one attached hydrogen (secondary N) is 1. The Hall–Kier alpha value is -2.18. The average molecular weight is 392 g/mol. The summed E-state index contributed by atoms with van der Waals surface area (Å²) in [5, 5.41) is 3.46. The Morgan fingerprint density at radius 1 is 1.36 bits per heavy atom. The third-order valence-electron chi connectivity index (χ3n) is 4.98. The summed E-state index contributed by atoms with van der Waals surface area (Å²) < 4.78 is 7.58. The minimum Gasteiger partial charge on any atom is -0.444 e. The van der Waals surface area contributed by atoms with Gasteiger partial charge in [0, 0.05) is 59.2 Å². The number of aliphatic imine (C=N–C) groups is 1. The lowest BCUT2D eigenvalue weighted by atomic mass is 9.96. The zero-order valence-corrected chi connectivity index (χ0v) is 18.4. The van der Waals surface area contributed by atoms with Crippen molar-refractivity contribution in [3.05, 3.63) is 24.0 Å². The molecular formula is C21H37N5O2. The predicted molar refractivity (Wildman–Crippen MR) is 113 cm³/mol. The van der Waals surface area contributed by atoms with E-state index in [9.17, 15) is 4.79 Å². The summed E-state index contributed by atoms with van der Waals surface area (Å²) in [7, 11) is 3.86. The lowest BCUT2D eigenvalue weighted by Gasteiger charge is -2.36. The van der Waals surface area contributed by atoms with E-state index < -0.39 is 5.60 Å². The van der Waals surface area contributed by atoms with Gasteiger partial charge in [-0.3, -0.25) is 4.99 Å². The molecule has 0 aromatic carbocycles. The lowest BCUT2D eigenvalue weighted by molar-refractivity contribution is 0.0214. The van der Waals surface area contributed by atoms with Gasteiger partial charge in [0.2, 0.25) is 0 Å². The molecule has 1 aromatic heterocycles. The van der Waals surface area contributed by atoms with Crippen LogP contribution in [0.4, 0.5) is 4.79 Å². The molecule has 0 bridgehead atoms. The Morgan fingerprint density at radius 2 is 2.04 bits per heavy atom. The maximum absolute atomic E-state index is 12.4. The molecule has 1 N–H and O–H groups in total. The zero-order valence-electron chi connectivity index (χ0n) is 18.4. The number of carbonyl (C=O) groups excluding carboxylic acids is 1. The van der Waals surface area contributed by atoms with Crippen molar-refractivity contribution in [1.29, 1.82) is 0 Å². The molecule has 1 aromatic rings. The van der Waals surface area contributed by atoms with E-state index in [2.05, 4.69) is 38.2 Å². The predicted octanol–water partition coefficient (Wildman–Crippen LogP) is 3.07. The van der Waals surface area contributed by atoms with Crippen LogP contribution in [-0.4, -0.2) is 65.2 Å². The fourth-order valence-corrected chi connectivity index (χ4v) is 3.48. The molecule has 0 aliphatic carbocycles. The molecule has 28 heavy (non-hydrogen) atoms. The van der Waals surface area contributed by atoms with Crippen LogP contribution in [0.3, 0.4) is 0 Å². The first-order chi connectivity index (χ1) is 13.2. The van der Waals surface area contributed by atoms with Crippen molar-refractivity contribution in [1.82, 2.24) is 19.7 Å². The summed E-state index contributed by atoms with van der Waals surface area (Å²) in [6, 6.07) is 2.11. The number of hydrogen-bond donors (Lipinski definition) is 1. The van der Waals surface area contributed by atoms with Crippen molar-refractivity contribution < 1.29 is 9.53 Å². The van der Waals surface area contributed by atoms with Gasteiger partial charge in [0.05, 0.1) is 0 Å². The van der Waals surface area contributed by atoms with E-state index >= 15 is 0 Å². The fourth-order valence-electron chi connectivity index (χ4n) is 3.48. The maximum atomic E-state index is 12.4. The standard InChI is InChI=1S/C21H37N5O2/c1-7-25(20(27)28-21(2,3)4)16-17-9-12-26(13-10-17)19(22-5)23-14-18-8-11-24(6)15-18/h8,11,15,17H,7,9-10,12-14,16H2,1-6H3,(H,22,23). The molecule has 0 saturated carbocycles. The van der Waals surface area contributed by atoms with E-state index in [0.717, 1.165) is 45.0 Å². The molecule has 0 atom stereocenters. The minimum absolute atomic E-state index is 0.210. The molecule has 1 amide bonds. The number of hydrogen-bond acceptors (Lipinski definition) is 3. The van der Waals surface area contributed by atoms with Crippen molar-refractivity contribution in [2.75, 3.05) is 33.2 Å². The molecule has 1 aliphatic heterocycles. The van der Waals surface area contributed by atoms with Gasteiger partial charge in [-0.2, -0.15) is 0 Å². The highest BCUT2D eigenvalue weighted by Gasteiger charge is 2.27. The Bertz CT molecular complexity index is 654. The topological polar surface area (TPSA) is 62.1 Å². The van der Waals surface area contributed by atoms with Gasteiger partial charge in [-0.1, -0.05) is 0 Å². The smallest absolute Gasteiger partial charge is 0.410 e. The van der Waals surface area contributed by atoms with E-state index in [1.807, 2.05) is 46.7 Å². The highest BCUT2D eigenvalue weighted by molar-refractivity contribution is 5.80. The van der Waals surface area contributed by atoms with Crippen LogP contribution in [0, 0.1) is 5.92 Å². The van der Waals surface area contributed by atoms with E-state index in [-0.39, 0.29) is 6.09 Å². The SMILES string of the molecule is CCN(CC1CCN(C(=NC)NCc2ccn(C)c2)CC1)C(=O)OC(C)(C)C. The van der Waals surface area contributed by atoms with E-state index in [1.165, 1.54) is 5.56 Å². The first-order valence-corrected chi connectivity index (χ1v) is 10.3. The molecule has 158 valence electrons. The van der Waals surface area contributed by atoms with Crippen molar-refractivity contribution >= 4 is 12.1 Å². The van der Waals surface area contributed by atoms with Gasteiger partial charge in [0.1, 0.15) is 5.60 Å². The highest BCUT2D eigenvalue weighted by atomic mass is 16.6. The van der Waals surface area contributed by atoms with Crippen LogP contribution in [0.5, 0.6) is 0 Å². The monoisotopic (exact) mass is 391 g/mol. The van der Waals surface area contributed by atoms with Gasteiger partial charge in [-0.25, -0.2) is 4.79 Å². The van der Waals surface area contributed by atoms with Gasteiger partial charge >= 0.3 is 6.09 Å². The van der Waals surface area contributed by atoms with Crippen LogP contribution in [-0.2, 0) is 18.3 Å². The Balaban J connectivity index is 1.81. The summed E-state index contributed by atoms with van der Waals surface area (Å²) in [6.07, 6.45) is 6.05. The van der Waals surface area contributed by atoms with Crippen molar-refractivity contribution in [2.24, 2.45) is 18.0 Å². The van der Waals surface area contributed by atoms with Crippen molar-refractivity contribution in [2.45, 2.75) is 52.7 Å². The number of ether oxygens (including phenoxy) is 1. The zero-order chi connectivity index (χ0) is 20.7. The van der Waals surface area contributed by atoms with Gasteiger partial charge in [-0.15, -0.1) is 0 Å². The minimum atomic E-state index is -0.454. The third-order valence-corrected chi connectivity index (χ3v) is 4.98. The van der Waals surface area contributed by atoms with E-state index in [4.69, 9.17) is 4.74 Å². The number of rotatable bonds is 5. The molecule has 2 rings (SSSR count). The summed E-state index contributed by atoms with van der Waals surface area (Å²) in [5.74, 6) is 1.44. The van der Waals surface area contributed by atoms with Crippen LogP contribution in [0.25, 0.3) is 0 Å². The van der Waals surface area contributed by atoms with Gasteiger partial charge < -0.3 is 24.4 Å². The quantitative estimate of drug-likeness (QED) is 0.619. The number of carbonyl (C=O) groups is 1. The number of guanidine groups is 1. The molecule has 1 aliphatic rings. The number of piperidine rings is 1. The molecule has 1 saturated heterocycles. The van der Waals surface area contributed by atoms with E-state index in [1.54, 1.807) is 0 Å². The largest absolute Gasteiger partial charge is 0.444 e. The van der Waals surface area contributed by atoms with Crippen LogP contribution in [0.2, 0.25) is 0 Å².